The predicted octanol–water partition coefficient (Wildman–Crippen LogP) is 3.36. The average molecular weight is 464 g/mol. The van der Waals surface area contributed by atoms with Crippen molar-refractivity contribution in [3.8, 4) is 5.69 Å². The lowest BCUT2D eigenvalue weighted by Gasteiger charge is -2.39. The number of carbonyl (C=O) groups is 1. The summed E-state index contributed by atoms with van der Waals surface area (Å²) in [5.41, 5.74) is 0.889. The fourth-order valence-electron chi connectivity index (χ4n) is 4.51. The highest BCUT2D eigenvalue weighted by Gasteiger charge is 2.28. The van der Waals surface area contributed by atoms with Gasteiger partial charge in [0.1, 0.15) is 6.33 Å². The monoisotopic (exact) mass is 463 g/mol. The van der Waals surface area contributed by atoms with Gasteiger partial charge >= 0.3 is 0 Å². The molecule has 31 heavy (non-hydrogen) atoms. The molecular weight excluding hydrogens is 434 g/mol. The van der Waals surface area contributed by atoms with E-state index in [4.69, 9.17) is 16.3 Å². The van der Waals surface area contributed by atoms with E-state index in [1.807, 2.05) is 33.7 Å². The molecule has 1 amide bonds. The third-order valence-corrected chi connectivity index (χ3v) is 7.07. The van der Waals surface area contributed by atoms with Crippen molar-refractivity contribution in [3.05, 3.63) is 35.6 Å². The van der Waals surface area contributed by atoms with Crippen LogP contribution in [0.2, 0.25) is 5.02 Å². The molecular formula is C22H30ClN5O2S. The molecule has 1 aromatic heterocycles. The van der Waals surface area contributed by atoms with Crippen molar-refractivity contribution < 1.29 is 9.53 Å². The number of likely N-dealkylation sites (tertiary alicyclic amines) is 1. The van der Waals surface area contributed by atoms with Crippen LogP contribution < -0.4 is 0 Å². The summed E-state index contributed by atoms with van der Waals surface area (Å²) in [6.45, 7) is 9.09. The molecule has 0 aliphatic carbocycles. The first kappa shape index (κ1) is 22.6. The van der Waals surface area contributed by atoms with Crippen LogP contribution in [0.3, 0.4) is 0 Å². The predicted molar refractivity (Wildman–Crippen MR) is 123 cm³/mol. The zero-order chi connectivity index (χ0) is 21.8. The molecule has 3 heterocycles. The first-order chi connectivity index (χ1) is 15.0. The van der Waals surface area contributed by atoms with Crippen molar-refractivity contribution in [2.75, 3.05) is 38.5 Å². The number of carbonyl (C=O) groups excluding carboxylic acids is 1. The van der Waals surface area contributed by atoms with Crippen molar-refractivity contribution in [3.63, 3.8) is 0 Å². The van der Waals surface area contributed by atoms with Crippen LogP contribution in [-0.4, -0.2) is 81.2 Å². The van der Waals surface area contributed by atoms with Gasteiger partial charge in [-0.3, -0.25) is 14.3 Å². The van der Waals surface area contributed by atoms with Crippen LogP contribution in [0.15, 0.2) is 35.7 Å². The zero-order valence-electron chi connectivity index (χ0n) is 18.1. The molecule has 2 aliphatic rings. The Balaban J connectivity index is 1.24. The number of benzene rings is 1. The van der Waals surface area contributed by atoms with Crippen LogP contribution in [0, 0.1) is 5.92 Å². The minimum atomic E-state index is 0.165. The van der Waals surface area contributed by atoms with Crippen LogP contribution >= 0.6 is 23.4 Å². The number of amides is 1. The second kappa shape index (κ2) is 10.3. The summed E-state index contributed by atoms with van der Waals surface area (Å²) >= 11 is 7.52. The first-order valence-electron chi connectivity index (χ1n) is 10.9. The minimum absolute atomic E-state index is 0.165. The Kier molecular flexibility index (Phi) is 7.53. The fourth-order valence-corrected chi connectivity index (χ4v) is 5.52. The topological polar surface area (TPSA) is 63.5 Å². The number of ether oxygens (including phenoxy) is 1. The number of nitrogens with zero attached hydrogens (tertiary/aromatic N) is 5. The molecule has 0 N–H and O–H groups in total. The third kappa shape index (κ3) is 6.00. The molecule has 0 spiro atoms. The average Bonchev–Trinajstić information content (AvgIpc) is 3.20. The molecule has 0 radical (unpaired) electrons. The molecule has 2 fully saturated rings. The van der Waals surface area contributed by atoms with Gasteiger partial charge in [0.25, 0.3) is 0 Å². The lowest BCUT2D eigenvalue weighted by molar-refractivity contribution is -0.129. The number of morpholine rings is 1. The van der Waals surface area contributed by atoms with Crippen LogP contribution in [0.25, 0.3) is 5.69 Å². The Morgan fingerprint density at radius 2 is 1.97 bits per heavy atom. The second-order valence-electron chi connectivity index (χ2n) is 8.55. The third-order valence-electron chi connectivity index (χ3n) is 5.91. The van der Waals surface area contributed by atoms with E-state index in [1.165, 1.54) is 11.8 Å². The molecule has 4 rings (SSSR count). The Morgan fingerprint density at radius 3 is 2.68 bits per heavy atom. The van der Waals surface area contributed by atoms with E-state index in [0.29, 0.717) is 34.1 Å². The largest absolute Gasteiger partial charge is 0.373 e. The van der Waals surface area contributed by atoms with Gasteiger partial charge in [-0.1, -0.05) is 29.4 Å². The highest BCUT2D eigenvalue weighted by atomic mass is 35.5. The van der Waals surface area contributed by atoms with Gasteiger partial charge in [0.2, 0.25) is 5.91 Å². The molecule has 9 heteroatoms. The van der Waals surface area contributed by atoms with E-state index in [2.05, 4.69) is 28.9 Å². The SMILES string of the molecule is CC1CN(CC2CCN(C(=O)CSc3nncn3-c3cccc(Cl)c3)CC2)CC(C)O1. The number of hydrogen-bond acceptors (Lipinski definition) is 6. The van der Waals surface area contributed by atoms with Crippen LogP contribution in [0.4, 0.5) is 0 Å². The summed E-state index contributed by atoms with van der Waals surface area (Å²) in [5.74, 6) is 1.18. The molecule has 7 nitrogen and oxygen atoms in total. The van der Waals surface area contributed by atoms with E-state index in [0.717, 1.165) is 51.3 Å². The van der Waals surface area contributed by atoms with Crippen molar-refractivity contribution in [1.29, 1.82) is 0 Å². The van der Waals surface area contributed by atoms with Gasteiger partial charge < -0.3 is 9.64 Å². The maximum absolute atomic E-state index is 12.8. The molecule has 0 bridgehead atoms. The Bertz CT molecular complexity index is 876. The quantitative estimate of drug-likeness (QED) is 0.612. The van der Waals surface area contributed by atoms with Gasteiger partial charge in [-0.15, -0.1) is 10.2 Å². The molecule has 2 unspecified atom stereocenters. The van der Waals surface area contributed by atoms with E-state index in [9.17, 15) is 4.79 Å². The summed E-state index contributed by atoms with van der Waals surface area (Å²) in [5, 5.41) is 9.53. The molecule has 2 atom stereocenters. The number of thioether (sulfide) groups is 1. The van der Waals surface area contributed by atoms with Gasteiger partial charge in [-0.05, 0) is 50.8 Å². The van der Waals surface area contributed by atoms with Crippen molar-refractivity contribution in [2.24, 2.45) is 5.92 Å². The highest BCUT2D eigenvalue weighted by molar-refractivity contribution is 7.99. The van der Waals surface area contributed by atoms with Crippen molar-refractivity contribution in [1.82, 2.24) is 24.6 Å². The normalized spacial score (nSPS) is 23.3. The summed E-state index contributed by atoms with van der Waals surface area (Å²) in [6.07, 6.45) is 4.38. The minimum Gasteiger partial charge on any atom is -0.373 e. The fraction of sp³-hybridized carbons (Fsp3) is 0.591. The lowest BCUT2D eigenvalue weighted by atomic mass is 9.95. The number of aromatic nitrogens is 3. The summed E-state index contributed by atoms with van der Waals surface area (Å²) in [4.78, 5) is 17.3. The van der Waals surface area contributed by atoms with E-state index in [-0.39, 0.29) is 5.91 Å². The first-order valence-corrected chi connectivity index (χ1v) is 12.3. The van der Waals surface area contributed by atoms with Gasteiger partial charge in [0.15, 0.2) is 5.16 Å². The standard InChI is InChI=1S/C22H30ClN5O2S/c1-16-11-26(12-17(2)30-16)13-18-6-8-27(9-7-18)21(29)14-31-22-25-24-15-28(22)20-5-3-4-19(23)10-20/h3-5,10,15-18H,6-9,11-14H2,1-2H3. The summed E-state index contributed by atoms with van der Waals surface area (Å²) in [7, 11) is 0. The lowest BCUT2D eigenvalue weighted by Crippen LogP contribution is -2.48. The highest BCUT2D eigenvalue weighted by Crippen LogP contribution is 2.24. The smallest absolute Gasteiger partial charge is 0.233 e. The Labute approximate surface area is 193 Å². The van der Waals surface area contributed by atoms with E-state index < -0.39 is 0 Å². The molecule has 168 valence electrons. The molecule has 0 saturated carbocycles. The van der Waals surface area contributed by atoms with Gasteiger partial charge in [-0.2, -0.15) is 0 Å². The van der Waals surface area contributed by atoms with Crippen LogP contribution in [0.5, 0.6) is 0 Å². The number of hydrogen-bond donors (Lipinski definition) is 0. The summed E-state index contributed by atoms with van der Waals surface area (Å²) in [6, 6.07) is 7.52. The van der Waals surface area contributed by atoms with E-state index >= 15 is 0 Å². The Morgan fingerprint density at radius 1 is 1.23 bits per heavy atom. The number of rotatable bonds is 6. The zero-order valence-corrected chi connectivity index (χ0v) is 19.7. The van der Waals surface area contributed by atoms with Gasteiger partial charge in [0, 0.05) is 37.7 Å². The van der Waals surface area contributed by atoms with Crippen LogP contribution in [-0.2, 0) is 9.53 Å². The van der Waals surface area contributed by atoms with Gasteiger partial charge in [-0.25, -0.2) is 0 Å². The van der Waals surface area contributed by atoms with Crippen molar-refractivity contribution >= 4 is 29.3 Å². The van der Waals surface area contributed by atoms with Gasteiger partial charge in [0.05, 0.1) is 23.6 Å². The summed E-state index contributed by atoms with van der Waals surface area (Å²) < 4.78 is 7.70. The maximum atomic E-state index is 12.8. The Hall–Kier alpha value is -1.61. The van der Waals surface area contributed by atoms with E-state index in [1.54, 1.807) is 6.33 Å². The molecule has 2 aliphatic heterocycles. The molecule has 2 aromatic rings. The molecule has 1 aromatic carbocycles. The second-order valence-corrected chi connectivity index (χ2v) is 9.93. The van der Waals surface area contributed by atoms with Crippen LogP contribution in [0.1, 0.15) is 26.7 Å². The van der Waals surface area contributed by atoms with Crippen molar-refractivity contribution in [2.45, 2.75) is 44.1 Å². The molecule has 2 saturated heterocycles. The number of piperidine rings is 1. The number of halogens is 1. The maximum Gasteiger partial charge on any atom is 0.233 e.